The molecule has 0 aliphatic heterocycles. The van der Waals surface area contributed by atoms with Crippen molar-refractivity contribution in [1.82, 2.24) is 0 Å². The molecule has 0 spiro atoms. The van der Waals surface area contributed by atoms with E-state index in [0.29, 0.717) is 0 Å². The summed E-state index contributed by atoms with van der Waals surface area (Å²) in [6, 6.07) is 4.67. The van der Waals surface area contributed by atoms with Gasteiger partial charge in [0.05, 0.1) is 12.3 Å². The molecule has 0 amide bonds. The molecule has 4 nitrogen and oxygen atoms in total. The van der Waals surface area contributed by atoms with Crippen molar-refractivity contribution in [3.05, 3.63) is 35.1 Å². The standard InChI is InChI=1S/C22H33FO4/c1-13(2)20(18-12-17(23)10-9-14(18)3)16(5)26-21(25)15(4)11-19(24)27-22(6,7)8/h9-10,12-13,15-16,20H,11H2,1-8H3/t15-,16+,20-/m1/s1. The van der Waals surface area contributed by atoms with Crippen LogP contribution in [0.5, 0.6) is 0 Å². The fourth-order valence-corrected chi connectivity index (χ4v) is 3.21. The van der Waals surface area contributed by atoms with Crippen LogP contribution in [-0.4, -0.2) is 23.6 Å². The largest absolute Gasteiger partial charge is 0.462 e. The van der Waals surface area contributed by atoms with Crippen LogP contribution >= 0.6 is 0 Å². The van der Waals surface area contributed by atoms with E-state index in [1.165, 1.54) is 12.1 Å². The lowest BCUT2D eigenvalue weighted by Gasteiger charge is -2.30. The molecule has 0 fully saturated rings. The average Bonchev–Trinajstić information content (AvgIpc) is 2.48. The van der Waals surface area contributed by atoms with E-state index < -0.39 is 29.6 Å². The number of benzene rings is 1. The Bertz CT molecular complexity index is 661. The first-order valence-electron chi connectivity index (χ1n) is 9.50. The maximum Gasteiger partial charge on any atom is 0.309 e. The van der Waals surface area contributed by atoms with E-state index in [0.717, 1.165) is 11.1 Å². The third-order valence-electron chi connectivity index (χ3n) is 4.42. The molecule has 0 saturated carbocycles. The van der Waals surface area contributed by atoms with Crippen LogP contribution < -0.4 is 0 Å². The van der Waals surface area contributed by atoms with E-state index in [1.54, 1.807) is 33.8 Å². The van der Waals surface area contributed by atoms with Gasteiger partial charge in [0.15, 0.2) is 0 Å². The van der Waals surface area contributed by atoms with E-state index in [1.807, 2.05) is 27.7 Å². The molecule has 0 saturated heterocycles. The predicted molar refractivity (Wildman–Crippen MR) is 104 cm³/mol. The molecule has 0 aliphatic carbocycles. The van der Waals surface area contributed by atoms with Gasteiger partial charge in [0, 0.05) is 5.92 Å². The van der Waals surface area contributed by atoms with Crippen LogP contribution in [0.1, 0.15) is 71.9 Å². The van der Waals surface area contributed by atoms with Gasteiger partial charge in [-0.15, -0.1) is 0 Å². The number of hydrogen-bond donors (Lipinski definition) is 0. The molecule has 1 rings (SSSR count). The number of ether oxygens (including phenoxy) is 2. The summed E-state index contributed by atoms with van der Waals surface area (Å²) < 4.78 is 24.7. The lowest BCUT2D eigenvalue weighted by atomic mass is 9.82. The second kappa shape index (κ2) is 9.34. The van der Waals surface area contributed by atoms with Crippen LogP contribution in [0.15, 0.2) is 18.2 Å². The molecule has 0 unspecified atom stereocenters. The van der Waals surface area contributed by atoms with Crippen molar-refractivity contribution < 1.29 is 23.5 Å². The summed E-state index contributed by atoms with van der Waals surface area (Å²) in [7, 11) is 0. The zero-order valence-corrected chi connectivity index (χ0v) is 17.8. The van der Waals surface area contributed by atoms with Crippen molar-refractivity contribution >= 4 is 11.9 Å². The number of rotatable bonds is 7. The van der Waals surface area contributed by atoms with Crippen molar-refractivity contribution in [3.8, 4) is 0 Å². The Morgan fingerprint density at radius 3 is 2.22 bits per heavy atom. The van der Waals surface area contributed by atoms with Crippen LogP contribution in [0.3, 0.4) is 0 Å². The summed E-state index contributed by atoms with van der Waals surface area (Å²) in [6.07, 6.45) is -0.479. The Labute approximate surface area is 162 Å². The molecule has 1 aromatic carbocycles. The van der Waals surface area contributed by atoms with Crippen LogP contribution in [0.25, 0.3) is 0 Å². The highest BCUT2D eigenvalue weighted by Gasteiger charge is 2.30. The van der Waals surface area contributed by atoms with Gasteiger partial charge in [-0.1, -0.05) is 26.8 Å². The van der Waals surface area contributed by atoms with Crippen LogP contribution in [0.4, 0.5) is 4.39 Å². The van der Waals surface area contributed by atoms with Crippen molar-refractivity contribution in [2.45, 2.75) is 79.4 Å². The Kier molecular flexibility index (Phi) is 8.00. The molecule has 1 aromatic rings. The molecule has 0 heterocycles. The van der Waals surface area contributed by atoms with Gasteiger partial charge in [-0.05, 0) is 63.8 Å². The average molecular weight is 381 g/mol. The van der Waals surface area contributed by atoms with Crippen LogP contribution in [0.2, 0.25) is 0 Å². The highest BCUT2D eigenvalue weighted by molar-refractivity contribution is 5.80. The maximum atomic E-state index is 13.7. The van der Waals surface area contributed by atoms with E-state index in [9.17, 15) is 14.0 Å². The maximum absolute atomic E-state index is 13.7. The summed E-state index contributed by atoms with van der Waals surface area (Å²) in [6.45, 7) is 14.8. The number of halogens is 1. The number of esters is 2. The van der Waals surface area contributed by atoms with Gasteiger partial charge in [0.25, 0.3) is 0 Å². The van der Waals surface area contributed by atoms with Gasteiger partial charge in [-0.3, -0.25) is 9.59 Å². The van der Waals surface area contributed by atoms with Crippen LogP contribution in [0, 0.1) is 24.6 Å². The summed E-state index contributed by atoms with van der Waals surface area (Å²) in [5, 5.41) is 0. The zero-order chi connectivity index (χ0) is 20.9. The second-order valence-electron chi connectivity index (χ2n) is 8.60. The van der Waals surface area contributed by atoms with Crippen molar-refractivity contribution in [2.75, 3.05) is 0 Å². The third-order valence-corrected chi connectivity index (χ3v) is 4.42. The van der Waals surface area contributed by atoms with Gasteiger partial charge >= 0.3 is 11.9 Å². The lowest BCUT2D eigenvalue weighted by Crippen LogP contribution is -2.31. The molecule has 3 atom stereocenters. The first-order valence-corrected chi connectivity index (χ1v) is 9.50. The Morgan fingerprint density at radius 1 is 1.11 bits per heavy atom. The molecule has 0 aromatic heterocycles. The summed E-state index contributed by atoms with van der Waals surface area (Å²) in [4.78, 5) is 24.4. The highest BCUT2D eigenvalue weighted by Crippen LogP contribution is 2.33. The summed E-state index contributed by atoms with van der Waals surface area (Å²) in [5.41, 5.74) is 1.20. The van der Waals surface area contributed by atoms with E-state index in [2.05, 4.69) is 0 Å². The molecule has 0 aliphatic rings. The van der Waals surface area contributed by atoms with Gasteiger partial charge in [0.2, 0.25) is 0 Å². The lowest BCUT2D eigenvalue weighted by molar-refractivity contribution is -0.163. The molecule has 152 valence electrons. The molecule has 0 N–H and O–H groups in total. The second-order valence-corrected chi connectivity index (χ2v) is 8.60. The van der Waals surface area contributed by atoms with E-state index >= 15 is 0 Å². The third kappa shape index (κ3) is 7.31. The van der Waals surface area contributed by atoms with E-state index in [4.69, 9.17) is 9.47 Å². The zero-order valence-electron chi connectivity index (χ0n) is 17.8. The molecular weight excluding hydrogens is 347 g/mol. The topological polar surface area (TPSA) is 52.6 Å². The first-order chi connectivity index (χ1) is 12.3. The monoisotopic (exact) mass is 380 g/mol. The highest BCUT2D eigenvalue weighted by atomic mass is 19.1. The van der Waals surface area contributed by atoms with Crippen molar-refractivity contribution in [3.63, 3.8) is 0 Å². The first kappa shape index (κ1) is 23.1. The normalized spacial score (nSPS) is 15.2. The quantitative estimate of drug-likeness (QED) is 0.612. The fraction of sp³-hybridized carbons (Fsp3) is 0.636. The smallest absolute Gasteiger partial charge is 0.309 e. The Balaban J connectivity index is 2.84. The van der Waals surface area contributed by atoms with Crippen LogP contribution in [-0.2, 0) is 19.1 Å². The fourth-order valence-electron chi connectivity index (χ4n) is 3.21. The minimum Gasteiger partial charge on any atom is -0.462 e. The molecule has 0 bridgehead atoms. The minimum absolute atomic E-state index is 0.0336. The Hall–Kier alpha value is -1.91. The molecule has 0 radical (unpaired) electrons. The van der Waals surface area contributed by atoms with Crippen molar-refractivity contribution in [1.29, 1.82) is 0 Å². The number of carbonyl (C=O) groups excluding carboxylic acids is 2. The molecule has 27 heavy (non-hydrogen) atoms. The number of aryl methyl sites for hydroxylation is 1. The minimum atomic E-state index is -0.608. The van der Waals surface area contributed by atoms with E-state index in [-0.39, 0.29) is 24.1 Å². The van der Waals surface area contributed by atoms with Gasteiger partial charge in [0.1, 0.15) is 17.5 Å². The summed E-state index contributed by atoms with van der Waals surface area (Å²) >= 11 is 0. The van der Waals surface area contributed by atoms with Crippen molar-refractivity contribution in [2.24, 2.45) is 11.8 Å². The van der Waals surface area contributed by atoms with Gasteiger partial charge in [-0.2, -0.15) is 0 Å². The number of hydrogen-bond acceptors (Lipinski definition) is 4. The van der Waals surface area contributed by atoms with Gasteiger partial charge in [-0.25, -0.2) is 4.39 Å². The molecule has 5 heteroatoms. The summed E-state index contributed by atoms with van der Waals surface area (Å²) in [5.74, 6) is -1.79. The number of carbonyl (C=O) groups is 2. The predicted octanol–water partition coefficient (Wildman–Crippen LogP) is 5.17. The Morgan fingerprint density at radius 2 is 1.70 bits per heavy atom. The van der Waals surface area contributed by atoms with Gasteiger partial charge < -0.3 is 9.47 Å². The molecular formula is C22H33FO4. The SMILES string of the molecule is Cc1ccc(F)cc1[C@H](C(C)C)[C@H](C)OC(=O)[C@H](C)CC(=O)OC(C)(C)C.